The summed E-state index contributed by atoms with van der Waals surface area (Å²) in [5.41, 5.74) is 3.47. The summed E-state index contributed by atoms with van der Waals surface area (Å²) in [7, 11) is 0. The van der Waals surface area contributed by atoms with Gasteiger partial charge in [0.05, 0.1) is 17.6 Å². The van der Waals surface area contributed by atoms with Crippen LogP contribution in [0.25, 0.3) is 33.8 Å². The molecule has 0 aliphatic carbocycles. The number of nitrogens with one attached hydrogen (secondary N) is 1. The van der Waals surface area contributed by atoms with Gasteiger partial charge in [0.1, 0.15) is 17.5 Å². The fourth-order valence-electron chi connectivity index (χ4n) is 3.55. The van der Waals surface area contributed by atoms with Crippen molar-refractivity contribution in [3.8, 4) is 22.8 Å². The summed E-state index contributed by atoms with van der Waals surface area (Å²) in [6.07, 6.45) is 3.60. The van der Waals surface area contributed by atoms with Crippen molar-refractivity contribution in [3.63, 3.8) is 0 Å². The third kappa shape index (κ3) is 3.06. The molecule has 5 rings (SSSR count). The van der Waals surface area contributed by atoms with Crippen LogP contribution in [0.5, 0.6) is 0 Å². The summed E-state index contributed by atoms with van der Waals surface area (Å²) in [5, 5.41) is 14.1. The van der Waals surface area contributed by atoms with E-state index in [-0.39, 0.29) is 5.82 Å². The Balaban J connectivity index is 1.55. The highest BCUT2D eigenvalue weighted by molar-refractivity contribution is 5.81. The summed E-state index contributed by atoms with van der Waals surface area (Å²) in [6, 6.07) is 12.4. The van der Waals surface area contributed by atoms with Gasteiger partial charge in [0.2, 0.25) is 5.82 Å². The second-order valence-corrected chi connectivity index (χ2v) is 6.60. The van der Waals surface area contributed by atoms with Gasteiger partial charge in [0, 0.05) is 30.1 Å². The van der Waals surface area contributed by atoms with E-state index < -0.39 is 0 Å². The van der Waals surface area contributed by atoms with E-state index in [4.69, 9.17) is 4.98 Å². The molecule has 5 aromatic rings. The number of fused-ring (bicyclic) bond motifs is 1. The molecule has 8 nitrogen and oxygen atoms in total. The van der Waals surface area contributed by atoms with E-state index in [9.17, 15) is 4.39 Å². The number of hydrogen-bond donors (Lipinski definition) is 1. The Morgan fingerprint density at radius 1 is 1.10 bits per heavy atom. The molecule has 0 amide bonds. The van der Waals surface area contributed by atoms with Crippen LogP contribution in [-0.4, -0.2) is 39.7 Å². The van der Waals surface area contributed by atoms with Crippen molar-refractivity contribution in [2.45, 2.75) is 20.0 Å². The maximum atomic E-state index is 13.7. The molecule has 29 heavy (non-hydrogen) atoms. The predicted octanol–water partition coefficient (Wildman–Crippen LogP) is 3.29. The third-order valence-corrected chi connectivity index (χ3v) is 4.86. The molecule has 0 saturated heterocycles. The van der Waals surface area contributed by atoms with E-state index >= 15 is 0 Å². The summed E-state index contributed by atoms with van der Waals surface area (Å²) in [4.78, 5) is 9.25. The van der Waals surface area contributed by atoms with Crippen molar-refractivity contribution in [3.05, 3.63) is 66.5 Å². The molecular weight excluding hydrogens is 371 g/mol. The van der Waals surface area contributed by atoms with Crippen LogP contribution in [0, 0.1) is 5.82 Å². The molecule has 0 aliphatic rings. The van der Waals surface area contributed by atoms with Crippen LogP contribution >= 0.6 is 0 Å². The zero-order valence-electron chi connectivity index (χ0n) is 15.6. The Morgan fingerprint density at radius 3 is 2.83 bits per heavy atom. The SMILES string of the molecule is CCn1c(Cn2ccnc2-c2cccc(F)c2)nc2cc(-c3nn[nH]n3)ccc21. The summed E-state index contributed by atoms with van der Waals surface area (Å²) in [5.74, 6) is 1.84. The van der Waals surface area contributed by atoms with E-state index in [0.29, 0.717) is 18.2 Å². The normalized spacial score (nSPS) is 11.4. The minimum Gasteiger partial charge on any atom is -0.327 e. The Labute approximate surface area is 165 Å². The number of halogens is 1. The van der Waals surface area contributed by atoms with Crippen molar-refractivity contribution in [1.82, 2.24) is 39.7 Å². The lowest BCUT2D eigenvalue weighted by Gasteiger charge is -2.10. The number of hydrogen-bond acceptors (Lipinski definition) is 5. The molecular formula is C20H17FN8. The fourth-order valence-corrected chi connectivity index (χ4v) is 3.55. The van der Waals surface area contributed by atoms with Gasteiger partial charge in [-0.3, -0.25) is 0 Å². The van der Waals surface area contributed by atoms with E-state index in [2.05, 4.69) is 37.1 Å². The number of benzene rings is 2. The average Bonchev–Trinajstić information content (AvgIpc) is 3.47. The van der Waals surface area contributed by atoms with E-state index in [1.165, 1.54) is 12.1 Å². The quantitative estimate of drug-likeness (QED) is 0.499. The second kappa shape index (κ2) is 6.93. The van der Waals surface area contributed by atoms with Crippen molar-refractivity contribution >= 4 is 11.0 Å². The minimum absolute atomic E-state index is 0.285. The lowest BCUT2D eigenvalue weighted by Crippen LogP contribution is -2.08. The van der Waals surface area contributed by atoms with Gasteiger partial charge in [-0.1, -0.05) is 12.1 Å². The van der Waals surface area contributed by atoms with Gasteiger partial charge in [0.15, 0.2) is 0 Å². The molecule has 0 spiro atoms. The lowest BCUT2D eigenvalue weighted by atomic mass is 10.2. The van der Waals surface area contributed by atoms with Crippen LogP contribution in [0.4, 0.5) is 4.39 Å². The summed E-state index contributed by atoms with van der Waals surface area (Å²) < 4.78 is 17.8. The van der Waals surface area contributed by atoms with Gasteiger partial charge in [-0.2, -0.15) is 5.21 Å². The van der Waals surface area contributed by atoms with Gasteiger partial charge in [-0.25, -0.2) is 14.4 Å². The first-order valence-electron chi connectivity index (χ1n) is 9.23. The van der Waals surface area contributed by atoms with Crippen molar-refractivity contribution in [2.75, 3.05) is 0 Å². The maximum absolute atomic E-state index is 13.7. The number of nitrogens with zero attached hydrogens (tertiary/aromatic N) is 7. The molecule has 0 radical (unpaired) electrons. The Bertz CT molecular complexity index is 1290. The number of rotatable bonds is 5. The molecule has 0 fully saturated rings. The highest BCUT2D eigenvalue weighted by Crippen LogP contribution is 2.24. The number of imidazole rings is 2. The van der Waals surface area contributed by atoms with Crippen LogP contribution in [0.1, 0.15) is 12.7 Å². The van der Waals surface area contributed by atoms with Crippen molar-refractivity contribution in [2.24, 2.45) is 0 Å². The molecule has 3 heterocycles. The zero-order chi connectivity index (χ0) is 19.8. The first-order chi connectivity index (χ1) is 14.2. The molecule has 3 aromatic heterocycles. The largest absolute Gasteiger partial charge is 0.327 e. The number of tetrazole rings is 1. The fraction of sp³-hybridized carbons (Fsp3) is 0.150. The molecule has 0 atom stereocenters. The molecule has 0 aliphatic heterocycles. The monoisotopic (exact) mass is 388 g/mol. The van der Waals surface area contributed by atoms with Gasteiger partial charge >= 0.3 is 0 Å². The Kier molecular flexibility index (Phi) is 4.12. The lowest BCUT2D eigenvalue weighted by molar-refractivity contribution is 0.627. The van der Waals surface area contributed by atoms with Gasteiger partial charge < -0.3 is 9.13 Å². The van der Waals surface area contributed by atoms with Crippen LogP contribution < -0.4 is 0 Å². The summed E-state index contributed by atoms with van der Waals surface area (Å²) in [6.45, 7) is 3.38. The molecule has 9 heteroatoms. The van der Waals surface area contributed by atoms with Gasteiger partial charge in [0.25, 0.3) is 0 Å². The Hall–Kier alpha value is -3.88. The molecule has 2 aromatic carbocycles. The number of H-pyrrole nitrogens is 1. The average molecular weight is 388 g/mol. The Morgan fingerprint density at radius 2 is 2.03 bits per heavy atom. The molecule has 0 bridgehead atoms. The minimum atomic E-state index is -0.285. The highest BCUT2D eigenvalue weighted by atomic mass is 19.1. The van der Waals surface area contributed by atoms with Crippen LogP contribution in [0.15, 0.2) is 54.9 Å². The zero-order valence-corrected chi connectivity index (χ0v) is 15.6. The van der Waals surface area contributed by atoms with Crippen molar-refractivity contribution in [1.29, 1.82) is 0 Å². The first-order valence-corrected chi connectivity index (χ1v) is 9.23. The predicted molar refractivity (Wildman–Crippen MR) is 105 cm³/mol. The second-order valence-electron chi connectivity index (χ2n) is 6.60. The molecule has 0 unspecified atom stereocenters. The van der Waals surface area contributed by atoms with Crippen LogP contribution in [0.3, 0.4) is 0 Å². The topological polar surface area (TPSA) is 90.1 Å². The maximum Gasteiger partial charge on any atom is 0.204 e. The highest BCUT2D eigenvalue weighted by Gasteiger charge is 2.15. The standard InChI is InChI=1S/C20H17FN8/c1-2-29-17-7-6-13(19-24-26-27-25-19)11-16(17)23-18(29)12-28-9-8-22-20(28)14-4-3-5-15(21)10-14/h3-11H,2,12H2,1H3,(H,24,25,26,27). The van der Waals surface area contributed by atoms with E-state index in [1.807, 2.05) is 35.0 Å². The van der Waals surface area contributed by atoms with E-state index in [0.717, 1.165) is 34.5 Å². The van der Waals surface area contributed by atoms with Crippen LogP contribution in [0.2, 0.25) is 0 Å². The van der Waals surface area contributed by atoms with E-state index in [1.54, 1.807) is 12.3 Å². The smallest absolute Gasteiger partial charge is 0.204 e. The van der Waals surface area contributed by atoms with Crippen molar-refractivity contribution < 1.29 is 4.39 Å². The third-order valence-electron chi connectivity index (χ3n) is 4.86. The van der Waals surface area contributed by atoms with Crippen LogP contribution in [-0.2, 0) is 13.1 Å². The molecule has 0 saturated carbocycles. The number of aromatic amines is 1. The molecule has 144 valence electrons. The van der Waals surface area contributed by atoms with Gasteiger partial charge in [-0.15, -0.1) is 10.2 Å². The van der Waals surface area contributed by atoms with Gasteiger partial charge in [-0.05, 0) is 42.5 Å². The first kappa shape index (κ1) is 17.2. The summed E-state index contributed by atoms with van der Waals surface area (Å²) >= 11 is 0. The number of aromatic nitrogens is 8. The molecule has 1 N–H and O–H groups in total. The number of aryl methyl sites for hydroxylation is 1.